The Morgan fingerprint density at radius 1 is 0.514 bits per heavy atom. The molecule has 0 saturated heterocycles. The standard InChI is InChI=1S/C33H26N2/c1-3-34-30-10-6-4-8-26(30)28-18-14-24(21-33(28)34)23-15-19-32-29(20-23)27-9-5-7-11-31(27)35(32)25-16-12-22(2)13-17-25/h4-21H,3H2,1-2H3. The van der Waals surface area contributed by atoms with Gasteiger partial charge in [0.15, 0.2) is 0 Å². The van der Waals surface area contributed by atoms with Crippen LogP contribution < -0.4 is 0 Å². The fourth-order valence-electron chi connectivity index (χ4n) is 5.69. The maximum atomic E-state index is 2.43. The van der Waals surface area contributed by atoms with Crippen LogP contribution >= 0.6 is 0 Å². The zero-order valence-corrected chi connectivity index (χ0v) is 20.0. The van der Waals surface area contributed by atoms with Gasteiger partial charge in [-0.1, -0.05) is 72.3 Å². The lowest BCUT2D eigenvalue weighted by molar-refractivity contribution is 0.827. The molecule has 7 aromatic rings. The summed E-state index contributed by atoms with van der Waals surface area (Å²) in [6.45, 7) is 5.32. The maximum Gasteiger partial charge on any atom is 0.0541 e. The summed E-state index contributed by atoms with van der Waals surface area (Å²) >= 11 is 0. The number of aryl methyl sites for hydroxylation is 2. The van der Waals surface area contributed by atoms with E-state index in [1.54, 1.807) is 0 Å². The highest BCUT2D eigenvalue weighted by Crippen LogP contribution is 2.37. The van der Waals surface area contributed by atoms with Crippen LogP contribution in [0.1, 0.15) is 12.5 Å². The average molecular weight is 451 g/mol. The summed E-state index contributed by atoms with van der Waals surface area (Å²) in [5, 5.41) is 5.22. The number of hydrogen-bond acceptors (Lipinski definition) is 0. The highest BCUT2D eigenvalue weighted by Gasteiger charge is 2.14. The van der Waals surface area contributed by atoms with Gasteiger partial charge >= 0.3 is 0 Å². The van der Waals surface area contributed by atoms with Crippen LogP contribution in [0.25, 0.3) is 60.4 Å². The fourth-order valence-corrected chi connectivity index (χ4v) is 5.69. The van der Waals surface area contributed by atoms with Crippen molar-refractivity contribution < 1.29 is 0 Å². The van der Waals surface area contributed by atoms with Crippen molar-refractivity contribution >= 4 is 43.6 Å². The normalized spacial score (nSPS) is 11.8. The highest BCUT2D eigenvalue weighted by atomic mass is 15.0. The van der Waals surface area contributed by atoms with Crippen LogP contribution in [0.2, 0.25) is 0 Å². The maximum absolute atomic E-state index is 2.43. The molecular formula is C33H26N2. The second-order valence-electron chi connectivity index (χ2n) is 9.41. The topological polar surface area (TPSA) is 9.86 Å². The van der Waals surface area contributed by atoms with Crippen LogP contribution in [0.5, 0.6) is 0 Å². The van der Waals surface area contributed by atoms with Crippen LogP contribution in [0.3, 0.4) is 0 Å². The minimum absolute atomic E-state index is 0.955. The van der Waals surface area contributed by atoms with Gasteiger partial charge in [-0.3, -0.25) is 0 Å². The lowest BCUT2D eigenvalue weighted by Crippen LogP contribution is -1.94. The summed E-state index contributed by atoms with van der Waals surface area (Å²) in [4.78, 5) is 0. The molecule has 0 fully saturated rings. The Hall–Kier alpha value is -4.30. The predicted octanol–water partition coefficient (Wildman–Crippen LogP) is 8.89. The van der Waals surface area contributed by atoms with Crippen LogP contribution in [0, 0.1) is 6.92 Å². The van der Waals surface area contributed by atoms with Gasteiger partial charge in [-0.25, -0.2) is 0 Å². The Labute approximate surface area is 204 Å². The zero-order chi connectivity index (χ0) is 23.5. The molecule has 7 rings (SSSR count). The molecule has 0 aliphatic rings. The first-order chi connectivity index (χ1) is 17.2. The summed E-state index contributed by atoms with van der Waals surface area (Å²) < 4.78 is 4.81. The van der Waals surface area contributed by atoms with E-state index in [9.17, 15) is 0 Å². The van der Waals surface area contributed by atoms with Crippen LogP contribution in [0.4, 0.5) is 0 Å². The Bertz CT molecular complexity index is 1880. The Kier molecular flexibility index (Phi) is 4.37. The fraction of sp³-hybridized carbons (Fsp3) is 0.0909. The lowest BCUT2D eigenvalue weighted by atomic mass is 10.0. The third-order valence-electron chi connectivity index (χ3n) is 7.39. The molecule has 0 saturated carbocycles. The van der Waals surface area contributed by atoms with Crippen LogP contribution in [-0.2, 0) is 6.54 Å². The largest absolute Gasteiger partial charge is 0.341 e. The van der Waals surface area contributed by atoms with E-state index in [0.29, 0.717) is 0 Å². The SMILES string of the molecule is CCn1c2ccccc2c2ccc(-c3ccc4c(c3)c3ccccc3n4-c3ccc(C)cc3)cc21. The number of hydrogen-bond donors (Lipinski definition) is 0. The van der Waals surface area contributed by atoms with Gasteiger partial charge in [-0.2, -0.15) is 0 Å². The first kappa shape index (κ1) is 20.1. The van der Waals surface area contributed by atoms with Crippen molar-refractivity contribution in [2.24, 2.45) is 0 Å². The van der Waals surface area contributed by atoms with Crippen molar-refractivity contribution in [3.05, 3.63) is 115 Å². The molecule has 0 radical (unpaired) electrons. The number of rotatable bonds is 3. The summed E-state index contributed by atoms with van der Waals surface area (Å²) in [6.07, 6.45) is 0. The zero-order valence-electron chi connectivity index (χ0n) is 20.0. The van der Waals surface area contributed by atoms with Gasteiger partial charge in [-0.05, 0) is 67.4 Å². The number of aromatic nitrogens is 2. The highest BCUT2D eigenvalue weighted by molar-refractivity contribution is 6.11. The van der Waals surface area contributed by atoms with E-state index in [1.165, 1.54) is 66.0 Å². The molecule has 5 aromatic carbocycles. The molecule has 35 heavy (non-hydrogen) atoms. The van der Waals surface area contributed by atoms with E-state index in [4.69, 9.17) is 0 Å². The second kappa shape index (κ2) is 7.61. The third kappa shape index (κ3) is 2.96. The summed E-state index contributed by atoms with van der Waals surface area (Å²) in [6, 6.07) is 40.1. The van der Waals surface area contributed by atoms with Crippen molar-refractivity contribution in [1.82, 2.24) is 9.13 Å². The molecule has 2 heterocycles. The molecule has 2 heteroatoms. The van der Waals surface area contributed by atoms with Crippen molar-refractivity contribution in [1.29, 1.82) is 0 Å². The van der Waals surface area contributed by atoms with Crippen molar-refractivity contribution in [2.75, 3.05) is 0 Å². The van der Waals surface area contributed by atoms with E-state index in [0.717, 1.165) is 6.54 Å². The first-order valence-electron chi connectivity index (χ1n) is 12.3. The van der Waals surface area contributed by atoms with Gasteiger partial charge in [0.2, 0.25) is 0 Å². The van der Waals surface area contributed by atoms with E-state index >= 15 is 0 Å². The molecule has 0 N–H and O–H groups in total. The Balaban J connectivity index is 1.47. The van der Waals surface area contributed by atoms with Gasteiger partial charge < -0.3 is 9.13 Å². The van der Waals surface area contributed by atoms with Gasteiger partial charge in [0.1, 0.15) is 0 Å². The second-order valence-corrected chi connectivity index (χ2v) is 9.41. The summed E-state index contributed by atoms with van der Waals surface area (Å²) in [7, 11) is 0. The minimum atomic E-state index is 0.955. The average Bonchev–Trinajstić information content (AvgIpc) is 3.41. The van der Waals surface area contributed by atoms with E-state index in [-0.39, 0.29) is 0 Å². The van der Waals surface area contributed by atoms with Crippen LogP contribution in [-0.4, -0.2) is 9.13 Å². The predicted molar refractivity (Wildman–Crippen MR) is 150 cm³/mol. The molecule has 0 spiro atoms. The third-order valence-corrected chi connectivity index (χ3v) is 7.39. The van der Waals surface area contributed by atoms with E-state index in [1.807, 2.05) is 0 Å². The molecule has 0 aliphatic heterocycles. The minimum Gasteiger partial charge on any atom is -0.341 e. The lowest BCUT2D eigenvalue weighted by Gasteiger charge is -2.09. The van der Waals surface area contributed by atoms with Crippen molar-refractivity contribution in [2.45, 2.75) is 20.4 Å². The van der Waals surface area contributed by atoms with Crippen molar-refractivity contribution in [3.63, 3.8) is 0 Å². The molecule has 0 amide bonds. The van der Waals surface area contributed by atoms with Gasteiger partial charge in [0.05, 0.1) is 11.0 Å². The van der Waals surface area contributed by atoms with Crippen LogP contribution in [0.15, 0.2) is 109 Å². The molecule has 0 bridgehead atoms. The monoisotopic (exact) mass is 450 g/mol. The Morgan fingerprint density at radius 3 is 1.89 bits per heavy atom. The molecular weight excluding hydrogens is 424 g/mol. The molecule has 2 nitrogen and oxygen atoms in total. The van der Waals surface area contributed by atoms with E-state index < -0.39 is 0 Å². The quantitative estimate of drug-likeness (QED) is 0.254. The number of benzene rings is 5. The van der Waals surface area contributed by atoms with Gasteiger partial charge in [0, 0.05) is 44.8 Å². The molecule has 0 aliphatic carbocycles. The molecule has 168 valence electrons. The molecule has 0 unspecified atom stereocenters. The summed E-state index contributed by atoms with van der Waals surface area (Å²) in [5.41, 5.74) is 10.1. The molecule has 2 aromatic heterocycles. The number of fused-ring (bicyclic) bond motifs is 6. The van der Waals surface area contributed by atoms with Crippen molar-refractivity contribution in [3.8, 4) is 16.8 Å². The summed E-state index contributed by atoms with van der Waals surface area (Å²) in [5.74, 6) is 0. The number of nitrogens with zero attached hydrogens (tertiary/aromatic N) is 2. The smallest absolute Gasteiger partial charge is 0.0541 e. The first-order valence-corrected chi connectivity index (χ1v) is 12.3. The number of para-hydroxylation sites is 2. The Morgan fingerprint density at radius 2 is 1.11 bits per heavy atom. The molecule has 0 atom stereocenters. The van der Waals surface area contributed by atoms with Gasteiger partial charge in [0.25, 0.3) is 0 Å². The van der Waals surface area contributed by atoms with E-state index in [2.05, 4.69) is 132 Å². The van der Waals surface area contributed by atoms with Gasteiger partial charge in [-0.15, -0.1) is 0 Å².